The van der Waals surface area contributed by atoms with Crippen molar-refractivity contribution in [1.82, 2.24) is 9.88 Å². The van der Waals surface area contributed by atoms with Crippen LogP contribution >= 0.6 is 0 Å². The molecule has 170 valence electrons. The number of H-pyrrole nitrogens is 1. The van der Waals surface area contributed by atoms with Gasteiger partial charge in [-0.05, 0) is 48.1 Å². The minimum absolute atomic E-state index is 0.187. The predicted molar refractivity (Wildman–Crippen MR) is 125 cm³/mol. The van der Waals surface area contributed by atoms with E-state index < -0.39 is 0 Å². The van der Waals surface area contributed by atoms with Gasteiger partial charge >= 0.3 is 0 Å². The molecule has 0 saturated carbocycles. The normalized spacial score (nSPS) is 11.0. The summed E-state index contributed by atoms with van der Waals surface area (Å²) in [7, 11) is 4.53. The first-order chi connectivity index (χ1) is 15.3. The van der Waals surface area contributed by atoms with Crippen LogP contribution in [0, 0.1) is 12.8 Å². The highest BCUT2D eigenvalue weighted by Crippen LogP contribution is 2.38. The van der Waals surface area contributed by atoms with Crippen molar-refractivity contribution in [2.24, 2.45) is 5.92 Å². The van der Waals surface area contributed by atoms with Crippen LogP contribution < -0.4 is 19.8 Å². The lowest BCUT2D eigenvalue weighted by atomic mass is 10.1. The number of amides is 1. The fraction of sp³-hybridized carbons (Fsp3) is 0.360. The number of ether oxygens (including phenoxy) is 3. The van der Waals surface area contributed by atoms with Crippen molar-refractivity contribution in [3.8, 4) is 17.2 Å². The van der Waals surface area contributed by atoms with Gasteiger partial charge in [-0.2, -0.15) is 0 Å². The lowest BCUT2D eigenvalue weighted by Gasteiger charge is -2.25. The van der Waals surface area contributed by atoms with Gasteiger partial charge in [0.05, 0.1) is 27.9 Å². The van der Waals surface area contributed by atoms with E-state index in [1.807, 2.05) is 45.0 Å². The third-order valence-corrected chi connectivity index (χ3v) is 5.22. The van der Waals surface area contributed by atoms with Crippen LogP contribution in [0.25, 0.3) is 10.9 Å². The maximum atomic E-state index is 13.5. The highest BCUT2D eigenvalue weighted by Gasteiger charge is 2.23. The molecule has 3 rings (SSSR count). The fourth-order valence-corrected chi connectivity index (χ4v) is 3.73. The van der Waals surface area contributed by atoms with Crippen LogP contribution in [0.4, 0.5) is 0 Å². The van der Waals surface area contributed by atoms with Crippen LogP contribution in [0.2, 0.25) is 0 Å². The summed E-state index contributed by atoms with van der Waals surface area (Å²) in [6, 6.07) is 11.0. The first-order valence-electron chi connectivity index (χ1n) is 10.5. The van der Waals surface area contributed by atoms with E-state index >= 15 is 0 Å². The Kier molecular flexibility index (Phi) is 7.08. The molecule has 1 N–H and O–H groups in total. The predicted octanol–water partition coefficient (Wildman–Crippen LogP) is 4.16. The number of hydrogen-bond acceptors (Lipinski definition) is 5. The summed E-state index contributed by atoms with van der Waals surface area (Å²) in [4.78, 5) is 30.9. The van der Waals surface area contributed by atoms with E-state index in [1.165, 1.54) is 21.3 Å². The molecule has 0 aliphatic heterocycles. The molecule has 0 spiro atoms. The first kappa shape index (κ1) is 23.2. The minimum Gasteiger partial charge on any atom is -0.493 e. The van der Waals surface area contributed by atoms with Crippen molar-refractivity contribution in [2.45, 2.75) is 27.3 Å². The number of pyridine rings is 1. The van der Waals surface area contributed by atoms with Gasteiger partial charge in [0.1, 0.15) is 0 Å². The SMILES string of the molecule is COc1cc(C(=O)N(Cc2cc3ccc(C)cc3[nH]c2=O)CC(C)C)cc(OC)c1OC. The average molecular weight is 439 g/mol. The van der Waals surface area contributed by atoms with Crippen LogP contribution in [0.5, 0.6) is 17.2 Å². The number of carbonyl (C=O) groups excluding carboxylic acids is 1. The summed E-state index contributed by atoms with van der Waals surface area (Å²) in [5.74, 6) is 1.21. The summed E-state index contributed by atoms with van der Waals surface area (Å²) in [6.07, 6.45) is 0. The maximum Gasteiger partial charge on any atom is 0.254 e. The second-order valence-corrected chi connectivity index (χ2v) is 8.21. The molecule has 0 aliphatic carbocycles. The average Bonchev–Trinajstić information content (AvgIpc) is 2.77. The molecule has 1 amide bonds. The Morgan fingerprint density at radius 1 is 1.00 bits per heavy atom. The lowest BCUT2D eigenvalue weighted by Crippen LogP contribution is -2.35. The molecule has 0 fully saturated rings. The number of carbonyl (C=O) groups is 1. The summed E-state index contributed by atoms with van der Waals surface area (Å²) < 4.78 is 16.1. The van der Waals surface area contributed by atoms with Gasteiger partial charge in [0.15, 0.2) is 11.5 Å². The minimum atomic E-state index is -0.221. The van der Waals surface area contributed by atoms with E-state index in [0.29, 0.717) is 34.9 Å². The Morgan fingerprint density at radius 2 is 1.66 bits per heavy atom. The topological polar surface area (TPSA) is 80.9 Å². The molecule has 0 aliphatic rings. The van der Waals surface area contributed by atoms with Gasteiger partial charge in [0.2, 0.25) is 5.75 Å². The Balaban J connectivity index is 2.01. The van der Waals surface area contributed by atoms with Gasteiger partial charge in [0.25, 0.3) is 11.5 Å². The van der Waals surface area contributed by atoms with Crippen LogP contribution in [-0.2, 0) is 6.54 Å². The number of nitrogens with zero attached hydrogens (tertiary/aromatic N) is 1. The van der Waals surface area contributed by atoms with Crippen molar-refractivity contribution >= 4 is 16.8 Å². The van der Waals surface area contributed by atoms with Gasteiger partial charge in [-0.1, -0.05) is 26.0 Å². The summed E-state index contributed by atoms with van der Waals surface area (Å²) >= 11 is 0. The molecule has 0 atom stereocenters. The zero-order valence-corrected chi connectivity index (χ0v) is 19.4. The molecule has 0 unspecified atom stereocenters. The Hall–Kier alpha value is -3.48. The molecule has 1 heterocycles. The lowest BCUT2D eigenvalue weighted by molar-refractivity contribution is 0.0721. The molecular formula is C25H30N2O5. The maximum absolute atomic E-state index is 13.5. The van der Waals surface area contributed by atoms with Gasteiger partial charge in [-0.15, -0.1) is 0 Å². The molecular weight excluding hydrogens is 408 g/mol. The summed E-state index contributed by atoms with van der Waals surface area (Å²) in [6.45, 7) is 6.71. The largest absolute Gasteiger partial charge is 0.493 e. The van der Waals surface area contributed by atoms with E-state index in [-0.39, 0.29) is 23.9 Å². The number of fused-ring (bicyclic) bond motifs is 1. The second-order valence-electron chi connectivity index (χ2n) is 8.21. The van der Waals surface area contributed by atoms with Crippen LogP contribution in [-0.4, -0.2) is 43.7 Å². The standard InChI is InChI=1S/C25H30N2O5/c1-15(2)13-27(14-19-10-17-8-7-16(3)9-20(17)26-24(19)28)25(29)18-11-21(30-4)23(32-6)22(12-18)31-5/h7-12,15H,13-14H2,1-6H3,(H,26,28). The Morgan fingerprint density at radius 3 is 2.22 bits per heavy atom. The number of aromatic amines is 1. The number of methoxy groups -OCH3 is 3. The van der Waals surface area contributed by atoms with Crippen LogP contribution in [0.1, 0.15) is 35.3 Å². The van der Waals surface area contributed by atoms with Crippen molar-refractivity contribution in [3.05, 3.63) is 63.4 Å². The molecule has 7 nitrogen and oxygen atoms in total. The molecule has 0 radical (unpaired) electrons. The van der Waals surface area contributed by atoms with E-state index in [0.717, 1.165) is 16.5 Å². The number of nitrogens with one attached hydrogen (secondary N) is 1. The molecule has 7 heteroatoms. The zero-order chi connectivity index (χ0) is 23.4. The quantitative estimate of drug-likeness (QED) is 0.571. The van der Waals surface area contributed by atoms with E-state index in [1.54, 1.807) is 17.0 Å². The Labute approximate surface area is 187 Å². The van der Waals surface area contributed by atoms with Crippen molar-refractivity contribution in [3.63, 3.8) is 0 Å². The van der Waals surface area contributed by atoms with Crippen molar-refractivity contribution in [1.29, 1.82) is 0 Å². The van der Waals surface area contributed by atoms with Gasteiger partial charge in [0, 0.05) is 23.2 Å². The van der Waals surface area contributed by atoms with Crippen molar-refractivity contribution in [2.75, 3.05) is 27.9 Å². The number of hydrogen-bond donors (Lipinski definition) is 1. The van der Waals surface area contributed by atoms with E-state index in [9.17, 15) is 9.59 Å². The molecule has 0 saturated heterocycles. The number of aromatic nitrogens is 1. The van der Waals surface area contributed by atoms with E-state index in [4.69, 9.17) is 14.2 Å². The summed E-state index contributed by atoms with van der Waals surface area (Å²) in [5.41, 5.74) is 2.58. The van der Waals surface area contributed by atoms with E-state index in [2.05, 4.69) is 4.98 Å². The van der Waals surface area contributed by atoms with Crippen molar-refractivity contribution < 1.29 is 19.0 Å². The summed E-state index contributed by atoms with van der Waals surface area (Å²) in [5, 5.41) is 0.926. The molecule has 1 aromatic heterocycles. The Bertz CT molecular complexity index is 1160. The smallest absolute Gasteiger partial charge is 0.254 e. The van der Waals surface area contributed by atoms with Gasteiger partial charge in [-0.25, -0.2) is 0 Å². The number of benzene rings is 2. The highest BCUT2D eigenvalue weighted by molar-refractivity contribution is 5.95. The highest BCUT2D eigenvalue weighted by atomic mass is 16.5. The third-order valence-electron chi connectivity index (χ3n) is 5.22. The first-order valence-corrected chi connectivity index (χ1v) is 10.5. The number of rotatable bonds is 8. The molecule has 2 aromatic carbocycles. The number of aryl methyl sites for hydroxylation is 1. The van der Waals surface area contributed by atoms with Crippen LogP contribution in [0.3, 0.4) is 0 Å². The zero-order valence-electron chi connectivity index (χ0n) is 19.4. The monoisotopic (exact) mass is 438 g/mol. The van der Waals surface area contributed by atoms with Crippen LogP contribution in [0.15, 0.2) is 41.2 Å². The second kappa shape index (κ2) is 9.77. The third kappa shape index (κ3) is 4.88. The fourth-order valence-electron chi connectivity index (χ4n) is 3.73. The van der Waals surface area contributed by atoms with Gasteiger partial charge < -0.3 is 24.1 Å². The van der Waals surface area contributed by atoms with Gasteiger partial charge in [-0.3, -0.25) is 9.59 Å². The molecule has 3 aromatic rings. The molecule has 0 bridgehead atoms. The molecule has 32 heavy (non-hydrogen) atoms.